The molecule has 94 valence electrons. The third kappa shape index (κ3) is 6.11. The monoisotopic (exact) mass is 226 g/mol. The number of nitrogens with zero attached hydrogens (tertiary/aromatic N) is 1. The first-order valence-electron chi connectivity index (χ1n) is 6.67. The van der Waals surface area contributed by atoms with E-state index in [1.165, 1.54) is 25.7 Å². The zero-order chi connectivity index (χ0) is 11.8. The van der Waals surface area contributed by atoms with Gasteiger partial charge in [-0.2, -0.15) is 0 Å². The Kier molecular flexibility index (Phi) is 6.46. The maximum Gasteiger partial charge on any atom is 0.234 e. The number of nitrogens with one attached hydrogen (secondary N) is 1. The van der Waals surface area contributed by atoms with E-state index in [0.29, 0.717) is 12.5 Å². The van der Waals surface area contributed by atoms with Crippen molar-refractivity contribution in [2.45, 2.75) is 46.0 Å². The minimum atomic E-state index is 0.197. The van der Waals surface area contributed by atoms with Gasteiger partial charge >= 0.3 is 0 Å². The van der Waals surface area contributed by atoms with E-state index in [-0.39, 0.29) is 5.91 Å². The van der Waals surface area contributed by atoms with Crippen LogP contribution in [0.5, 0.6) is 0 Å². The summed E-state index contributed by atoms with van der Waals surface area (Å²) in [6, 6.07) is 0. The van der Waals surface area contributed by atoms with Crippen molar-refractivity contribution >= 4 is 5.91 Å². The zero-order valence-corrected chi connectivity index (χ0v) is 10.8. The average molecular weight is 226 g/mol. The average Bonchev–Trinajstić information content (AvgIpc) is 2.45. The molecule has 0 aromatic carbocycles. The smallest absolute Gasteiger partial charge is 0.234 e. The van der Waals surface area contributed by atoms with E-state index in [0.717, 1.165) is 26.1 Å². The van der Waals surface area contributed by atoms with Crippen LogP contribution in [0.3, 0.4) is 0 Å². The third-order valence-corrected chi connectivity index (χ3v) is 3.11. The second-order valence-electron chi connectivity index (χ2n) is 5.22. The van der Waals surface area contributed by atoms with Crippen LogP contribution >= 0.6 is 0 Å². The molecule has 0 atom stereocenters. The molecule has 0 aromatic rings. The Labute approximate surface area is 99.6 Å². The molecule has 1 amide bonds. The maximum absolute atomic E-state index is 11.7. The van der Waals surface area contributed by atoms with Gasteiger partial charge in [0.05, 0.1) is 6.54 Å². The van der Waals surface area contributed by atoms with Crippen molar-refractivity contribution in [1.82, 2.24) is 10.2 Å². The fraction of sp³-hybridized carbons (Fsp3) is 0.923. The van der Waals surface area contributed by atoms with Gasteiger partial charge in [0, 0.05) is 6.54 Å². The zero-order valence-electron chi connectivity index (χ0n) is 10.8. The topological polar surface area (TPSA) is 32.3 Å². The Hall–Kier alpha value is -0.570. The van der Waals surface area contributed by atoms with E-state index in [4.69, 9.17) is 0 Å². The molecule has 1 aliphatic heterocycles. The largest absolute Gasteiger partial charge is 0.355 e. The molecular weight excluding hydrogens is 200 g/mol. The predicted molar refractivity (Wildman–Crippen MR) is 67.4 cm³/mol. The van der Waals surface area contributed by atoms with Gasteiger partial charge in [-0.05, 0) is 38.3 Å². The van der Waals surface area contributed by atoms with Crippen LogP contribution in [0.25, 0.3) is 0 Å². The van der Waals surface area contributed by atoms with Gasteiger partial charge in [0.1, 0.15) is 0 Å². The highest BCUT2D eigenvalue weighted by Gasteiger charge is 2.12. The van der Waals surface area contributed by atoms with Gasteiger partial charge in [-0.3, -0.25) is 9.69 Å². The summed E-state index contributed by atoms with van der Waals surface area (Å²) in [5.74, 6) is 0.862. The molecule has 1 saturated heterocycles. The van der Waals surface area contributed by atoms with Crippen molar-refractivity contribution in [2.24, 2.45) is 5.92 Å². The Balaban J connectivity index is 2.12. The van der Waals surface area contributed by atoms with Crippen LogP contribution in [0.15, 0.2) is 0 Å². The first-order chi connectivity index (χ1) is 7.68. The van der Waals surface area contributed by atoms with Gasteiger partial charge in [-0.1, -0.05) is 26.7 Å². The highest BCUT2D eigenvalue weighted by Crippen LogP contribution is 2.08. The number of rotatable bonds is 5. The number of amides is 1. The Bertz CT molecular complexity index is 196. The second-order valence-corrected chi connectivity index (χ2v) is 5.22. The summed E-state index contributed by atoms with van der Waals surface area (Å²) >= 11 is 0. The van der Waals surface area contributed by atoms with Gasteiger partial charge in [0.15, 0.2) is 0 Å². The summed E-state index contributed by atoms with van der Waals surface area (Å²) in [5, 5.41) is 3.00. The third-order valence-electron chi connectivity index (χ3n) is 3.11. The molecule has 0 unspecified atom stereocenters. The van der Waals surface area contributed by atoms with Crippen LogP contribution < -0.4 is 5.32 Å². The van der Waals surface area contributed by atoms with E-state index in [2.05, 4.69) is 24.1 Å². The van der Waals surface area contributed by atoms with Crippen LogP contribution in [0.4, 0.5) is 0 Å². The molecule has 0 saturated carbocycles. The number of hydrogen-bond donors (Lipinski definition) is 1. The maximum atomic E-state index is 11.7. The van der Waals surface area contributed by atoms with Gasteiger partial charge in [0.25, 0.3) is 0 Å². The van der Waals surface area contributed by atoms with Crippen LogP contribution in [0.1, 0.15) is 46.0 Å². The fourth-order valence-electron chi connectivity index (χ4n) is 2.05. The van der Waals surface area contributed by atoms with Crippen LogP contribution in [-0.4, -0.2) is 37.0 Å². The SMILES string of the molecule is CC(C)CCNC(=O)CN1CCCCCC1. The summed E-state index contributed by atoms with van der Waals surface area (Å²) in [4.78, 5) is 13.9. The van der Waals surface area contributed by atoms with Crippen LogP contribution in [-0.2, 0) is 4.79 Å². The quantitative estimate of drug-likeness (QED) is 0.778. The minimum absolute atomic E-state index is 0.197. The Morgan fingerprint density at radius 3 is 2.38 bits per heavy atom. The van der Waals surface area contributed by atoms with Crippen molar-refractivity contribution < 1.29 is 4.79 Å². The van der Waals surface area contributed by atoms with Crippen molar-refractivity contribution in [3.63, 3.8) is 0 Å². The van der Waals surface area contributed by atoms with Crippen LogP contribution in [0, 0.1) is 5.92 Å². The first-order valence-corrected chi connectivity index (χ1v) is 6.67. The second kappa shape index (κ2) is 7.66. The summed E-state index contributed by atoms with van der Waals surface area (Å²) < 4.78 is 0. The highest BCUT2D eigenvalue weighted by molar-refractivity contribution is 5.77. The van der Waals surface area contributed by atoms with Crippen LogP contribution in [0.2, 0.25) is 0 Å². The standard InChI is InChI=1S/C13H26N2O/c1-12(2)7-8-14-13(16)11-15-9-5-3-4-6-10-15/h12H,3-11H2,1-2H3,(H,14,16). The van der Waals surface area contributed by atoms with Gasteiger partial charge in [-0.15, -0.1) is 0 Å². The summed E-state index contributed by atoms with van der Waals surface area (Å²) in [6.45, 7) is 7.97. The molecule has 1 aliphatic rings. The van der Waals surface area contributed by atoms with Crippen molar-refractivity contribution in [3.05, 3.63) is 0 Å². The van der Waals surface area contributed by atoms with Gasteiger partial charge < -0.3 is 5.32 Å². The molecule has 1 fully saturated rings. The van der Waals surface area contributed by atoms with Crippen molar-refractivity contribution in [2.75, 3.05) is 26.2 Å². The molecule has 3 heteroatoms. The summed E-state index contributed by atoms with van der Waals surface area (Å²) in [5.41, 5.74) is 0. The van der Waals surface area contributed by atoms with E-state index in [1.54, 1.807) is 0 Å². The predicted octanol–water partition coefficient (Wildman–Crippen LogP) is 2.02. The first kappa shape index (κ1) is 13.5. The van der Waals surface area contributed by atoms with E-state index in [1.807, 2.05) is 0 Å². The number of hydrogen-bond acceptors (Lipinski definition) is 2. The lowest BCUT2D eigenvalue weighted by molar-refractivity contribution is -0.122. The number of likely N-dealkylation sites (tertiary alicyclic amines) is 1. The minimum Gasteiger partial charge on any atom is -0.355 e. The van der Waals surface area contributed by atoms with Gasteiger partial charge in [-0.25, -0.2) is 0 Å². The molecule has 0 aliphatic carbocycles. The molecule has 0 bridgehead atoms. The molecule has 1 rings (SSSR count). The summed E-state index contributed by atoms with van der Waals surface area (Å²) in [6.07, 6.45) is 6.22. The van der Waals surface area contributed by atoms with E-state index >= 15 is 0 Å². The number of carbonyl (C=O) groups excluding carboxylic acids is 1. The molecule has 0 radical (unpaired) electrons. The van der Waals surface area contributed by atoms with Crippen molar-refractivity contribution in [3.8, 4) is 0 Å². The lowest BCUT2D eigenvalue weighted by Crippen LogP contribution is -2.38. The molecule has 0 spiro atoms. The van der Waals surface area contributed by atoms with E-state index < -0.39 is 0 Å². The lowest BCUT2D eigenvalue weighted by Gasteiger charge is -2.19. The molecule has 1 N–H and O–H groups in total. The summed E-state index contributed by atoms with van der Waals surface area (Å²) in [7, 11) is 0. The molecular formula is C13H26N2O. The highest BCUT2D eigenvalue weighted by atomic mass is 16.2. The molecule has 1 heterocycles. The number of carbonyl (C=O) groups is 1. The molecule has 3 nitrogen and oxygen atoms in total. The Morgan fingerprint density at radius 2 is 1.81 bits per heavy atom. The van der Waals surface area contributed by atoms with Gasteiger partial charge in [0.2, 0.25) is 5.91 Å². The lowest BCUT2D eigenvalue weighted by atomic mass is 10.1. The molecule has 0 aromatic heterocycles. The molecule has 16 heavy (non-hydrogen) atoms. The Morgan fingerprint density at radius 1 is 1.19 bits per heavy atom. The normalized spacial score (nSPS) is 18.4. The fourth-order valence-corrected chi connectivity index (χ4v) is 2.05. The van der Waals surface area contributed by atoms with E-state index in [9.17, 15) is 4.79 Å². The van der Waals surface area contributed by atoms with Crippen molar-refractivity contribution in [1.29, 1.82) is 0 Å².